The van der Waals surface area contributed by atoms with E-state index in [-0.39, 0.29) is 36.3 Å². The van der Waals surface area contributed by atoms with Crippen molar-refractivity contribution in [3.8, 4) is 0 Å². The van der Waals surface area contributed by atoms with Gasteiger partial charge < -0.3 is 16.0 Å². The first-order valence-electron chi connectivity index (χ1n) is 8.60. The molecule has 0 saturated carbocycles. The third-order valence-electron chi connectivity index (χ3n) is 3.65. The van der Waals surface area contributed by atoms with Gasteiger partial charge in [0.2, 0.25) is 5.91 Å². The fourth-order valence-electron chi connectivity index (χ4n) is 2.28. The van der Waals surface area contributed by atoms with Gasteiger partial charge in [-0.15, -0.1) is 24.0 Å². The van der Waals surface area contributed by atoms with Crippen molar-refractivity contribution in [2.24, 2.45) is 4.99 Å². The maximum absolute atomic E-state index is 13.6. The van der Waals surface area contributed by atoms with Crippen LogP contribution in [0.4, 0.5) is 23.2 Å². The number of nitrogens with zero attached hydrogens (tertiary/aromatic N) is 1. The van der Waals surface area contributed by atoms with Crippen LogP contribution in [0.25, 0.3) is 0 Å². The van der Waals surface area contributed by atoms with Crippen molar-refractivity contribution in [1.29, 1.82) is 0 Å². The molecule has 1 amide bonds. The van der Waals surface area contributed by atoms with E-state index < -0.39 is 29.0 Å². The maximum Gasteiger partial charge on any atom is 0.246 e. The summed E-state index contributed by atoms with van der Waals surface area (Å²) in [5, 5.41) is 8.10. The van der Waals surface area contributed by atoms with Crippen LogP contribution >= 0.6 is 24.0 Å². The van der Waals surface area contributed by atoms with Crippen LogP contribution in [0.1, 0.15) is 12.5 Å². The number of hydrogen-bond donors (Lipinski definition) is 3. The van der Waals surface area contributed by atoms with Gasteiger partial charge in [0.25, 0.3) is 0 Å². The van der Waals surface area contributed by atoms with E-state index in [0.29, 0.717) is 25.5 Å². The van der Waals surface area contributed by atoms with Crippen LogP contribution in [0.5, 0.6) is 0 Å². The van der Waals surface area contributed by atoms with Gasteiger partial charge in [-0.25, -0.2) is 22.6 Å². The Bertz CT molecular complexity index is 847. The summed E-state index contributed by atoms with van der Waals surface area (Å²) in [5.74, 6) is -5.12. The van der Waals surface area contributed by atoms with Crippen molar-refractivity contribution in [3.63, 3.8) is 0 Å². The number of benzene rings is 2. The number of carbonyl (C=O) groups is 1. The molecule has 2 rings (SSSR count). The number of carbonyl (C=O) groups excluding carboxylic acids is 1. The summed E-state index contributed by atoms with van der Waals surface area (Å²) in [5.41, 5.74) is 0.463. The normalized spacial score (nSPS) is 10.9. The third kappa shape index (κ3) is 7.87. The standard InChI is InChI=1S/C19H20F4N4O.HI/c1-2-24-19(25-10-9-12-3-5-13(20)6-4-12)26-11-16(28)27-15-8-7-14(21)17(22)18(15)23;/h3-8H,2,9-11H2,1H3,(H,27,28)(H2,24,25,26);1H. The molecule has 0 bridgehead atoms. The van der Waals surface area contributed by atoms with E-state index >= 15 is 0 Å². The zero-order chi connectivity index (χ0) is 20.5. The molecule has 0 fully saturated rings. The van der Waals surface area contributed by atoms with Crippen LogP contribution in [-0.2, 0) is 11.2 Å². The van der Waals surface area contributed by atoms with Crippen LogP contribution in [0.3, 0.4) is 0 Å². The highest BCUT2D eigenvalue weighted by atomic mass is 127. The molecule has 0 aliphatic rings. The van der Waals surface area contributed by atoms with Gasteiger partial charge in [-0.1, -0.05) is 12.1 Å². The first-order valence-corrected chi connectivity index (χ1v) is 8.60. The molecule has 158 valence electrons. The Kier molecular flexibility index (Phi) is 10.4. The first-order chi connectivity index (χ1) is 13.4. The Labute approximate surface area is 183 Å². The number of anilines is 1. The van der Waals surface area contributed by atoms with Gasteiger partial charge in [0.05, 0.1) is 5.69 Å². The molecule has 0 radical (unpaired) electrons. The fraction of sp³-hybridized carbons (Fsp3) is 0.263. The zero-order valence-corrected chi connectivity index (χ0v) is 17.9. The molecule has 29 heavy (non-hydrogen) atoms. The molecule has 0 atom stereocenters. The molecule has 0 unspecified atom stereocenters. The van der Waals surface area contributed by atoms with Crippen molar-refractivity contribution >= 4 is 41.5 Å². The van der Waals surface area contributed by atoms with Crippen LogP contribution in [-0.4, -0.2) is 31.5 Å². The lowest BCUT2D eigenvalue weighted by atomic mass is 10.1. The van der Waals surface area contributed by atoms with Crippen molar-refractivity contribution in [2.45, 2.75) is 13.3 Å². The van der Waals surface area contributed by atoms with Crippen molar-refractivity contribution in [2.75, 3.05) is 25.0 Å². The molecule has 0 aromatic heterocycles. The second-order valence-corrected chi connectivity index (χ2v) is 5.77. The number of nitrogens with one attached hydrogen (secondary N) is 3. The SMILES string of the molecule is CCNC(=NCC(=O)Nc1ccc(F)c(F)c1F)NCCc1ccc(F)cc1.I. The molecule has 3 N–H and O–H groups in total. The van der Waals surface area contributed by atoms with Gasteiger partial charge in [-0.05, 0) is 43.2 Å². The molecular weight excluding hydrogens is 503 g/mol. The average Bonchev–Trinajstić information content (AvgIpc) is 2.68. The van der Waals surface area contributed by atoms with Crippen LogP contribution < -0.4 is 16.0 Å². The summed E-state index contributed by atoms with van der Waals surface area (Å²) < 4.78 is 52.6. The van der Waals surface area contributed by atoms with Gasteiger partial charge >= 0.3 is 0 Å². The Balaban J connectivity index is 0.00000420. The lowest BCUT2D eigenvalue weighted by Gasteiger charge is -2.11. The fourth-order valence-corrected chi connectivity index (χ4v) is 2.28. The van der Waals surface area contributed by atoms with Crippen LogP contribution in [0, 0.1) is 23.3 Å². The molecule has 0 aliphatic heterocycles. The molecule has 0 saturated heterocycles. The summed E-state index contributed by atoms with van der Waals surface area (Å²) in [7, 11) is 0. The summed E-state index contributed by atoms with van der Waals surface area (Å²) >= 11 is 0. The van der Waals surface area contributed by atoms with Crippen LogP contribution in [0.15, 0.2) is 41.4 Å². The Morgan fingerprint density at radius 1 is 0.966 bits per heavy atom. The highest BCUT2D eigenvalue weighted by Gasteiger charge is 2.15. The molecule has 0 spiro atoms. The molecule has 0 heterocycles. The minimum Gasteiger partial charge on any atom is -0.357 e. The van der Waals surface area contributed by atoms with Crippen molar-refractivity contribution in [1.82, 2.24) is 10.6 Å². The highest BCUT2D eigenvalue weighted by molar-refractivity contribution is 14.0. The van der Waals surface area contributed by atoms with Gasteiger partial charge in [0, 0.05) is 13.1 Å². The van der Waals surface area contributed by atoms with Crippen molar-refractivity contribution < 1.29 is 22.4 Å². The smallest absolute Gasteiger partial charge is 0.246 e. The number of hydrogen-bond acceptors (Lipinski definition) is 2. The summed E-state index contributed by atoms with van der Waals surface area (Å²) in [6.45, 7) is 2.51. The minimum atomic E-state index is -1.66. The molecule has 10 heteroatoms. The lowest BCUT2D eigenvalue weighted by molar-refractivity contribution is -0.114. The topological polar surface area (TPSA) is 65.5 Å². The lowest BCUT2D eigenvalue weighted by Crippen LogP contribution is -2.39. The van der Waals surface area contributed by atoms with Gasteiger partial charge in [-0.3, -0.25) is 4.79 Å². The largest absolute Gasteiger partial charge is 0.357 e. The summed E-state index contributed by atoms with van der Waals surface area (Å²) in [4.78, 5) is 16.0. The summed E-state index contributed by atoms with van der Waals surface area (Å²) in [6, 6.07) is 7.74. The zero-order valence-electron chi connectivity index (χ0n) is 15.6. The van der Waals surface area contributed by atoms with Gasteiger partial charge in [-0.2, -0.15) is 0 Å². The molecule has 2 aromatic rings. The van der Waals surface area contributed by atoms with E-state index in [1.165, 1.54) is 12.1 Å². The van der Waals surface area contributed by atoms with E-state index in [1.807, 2.05) is 6.92 Å². The molecular formula is C19H21F4IN4O. The second-order valence-electron chi connectivity index (χ2n) is 5.77. The number of rotatable bonds is 7. The minimum absolute atomic E-state index is 0. The molecule has 0 aliphatic carbocycles. The second kappa shape index (κ2) is 12.2. The predicted molar refractivity (Wildman–Crippen MR) is 114 cm³/mol. The van der Waals surface area contributed by atoms with E-state index in [0.717, 1.165) is 17.7 Å². The molecule has 5 nitrogen and oxygen atoms in total. The highest BCUT2D eigenvalue weighted by Crippen LogP contribution is 2.19. The number of guanidine groups is 1. The third-order valence-corrected chi connectivity index (χ3v) is 3.65. The molecule has 2 aromatic carbocycles. The maximum atomic E-state index is 13.6. The number of amides is 1. The Morgan fingerprint density at radius 2 is 1.66 bits per heavy atom. The Morgan fingerprint density at radius 3 is 2.31 bits per heavy atom. The average molecular weight is 524 g/mol. The predicted octanol–water partition coefficient (Wildman–Crippen LogP) is 3.60. The summed E-state index contributed by atoms with van der Waals surface area (Å²) in [6.07, 6.45) is 0.608. The van der Waals surface area contributed by atoms with Gasteiger partial charge in [0.1, 0.15) is 12.4 Å². The quantitative estimate of drug-likeness (QED) is 0.171. The Hall–Kier alpha value is -2.37. The van der Waals surface area contributed by atoms with E-state index in [9.17, 15) is 22.4 Å². The van der Waals surface area contributed by atoms with E-state index in [2.05, 4.69) is 20.9 Å². The monoisotopic (exact) mass is 524 g/mol. The van der Waals surface area contributed by atoms with E-state index in [4.69, 9.17) is 0 Å². The van der Waals surface area contributed by atoms with Crippen molar-refractivity contribution in [3.05, 3.63) is 65.2 Å². The number of aliphatic imine (C=N–C) groups is 1. The van der Waals surface area contributed by atoms with Gasteiger partial charge in [0.15, 0.2) is 23.4 Å². The van der Waals surface area contributed by atoms with E-state index in [1.54, 1.807) is 12.1 Å². The number of halogens is 5. The first kappa shape index (κ1) is 24.7. The van der Waals surface area contributed by atoms with Crippen LogP contribution in [0.2, 0.25) is 0 Å².